The van der Waals surface area contributed by atoms with Gasteiger partial charge in [0.1, 0.15) is 0 Å². The molecule has 0 saturated heterocycles. The number of esters is 1. The summed E-state index contributed by atoms with van der Waals surface area (Å²) in [6, 6.07) is 7.58. The fourth-order valence-electron chi connectivity index (χ4n) is 2.22. The van der Waals surface area contributed by atoms with E-state index in [1.54, 1.807) is 6.92 Å². The Labute approximate surface area is 121 Å². The molecule has 0 fully saturated rings. The molecule has 0 aliphatic carbocycles. The van der Waals surface area contributed by atoms with Gasteiger partial charge >= 0.3 is 5.97 Å². The lowest BCUT2D eigenvalue weighted by Gasteiger charge is -2.26. The number of hydrogen-bond acceptors (Lipinski definition) is 3. The van der Waals surface area contributed by atoms with Gasteiger partial charge in [-0.1, -0.05) is 45.0 Å². The van der Waals surface area contributed by atoms with E-state index in [0.29, 0.717) is 12.2 Å². The normalized spacial score (nSPS) is 12.8. The molecule has 1 unspecified atom stereocenters. The number of carbonyl (C=O) groups is 2. The minimum absolute atomic E-state index is 0.0592. The number of ketones is 1. The quantitative estimate of drug-likeness (QED) is 0.603. The van der Waals surface area contributed by atoms with E-state index >= 15 is 0 Å². The molecule has 0 N–H and O–H groups in total. The molecule has 0 amide bonds. The number of rotatable bonds is 5. The second kappa shape index (κ2) is 6.69. The summed E-state index contributed by atoms with van der Waals surface area (Å²) in [7, 11) is 0. The van der Waals surface area contributed by atoms with Crippen molar-refractivity contribution in [2.45, 2.75) is 47.0 Å². The van der Waals surface area contributed by atoms with Gasteiger partial charge in [0.15, 0.2) is 5.78 Å². The summed E-state index contributed by atoms with van der Waals surface area (Å²) in [5.74, 6) is -0.0481. The van der Waals surface area contributed by atoms with Gasteiger partial charge in [-0.05, 0) is 24.3 Å². The van der Waals surface area contributed by atoms with Crippen LogP contribution in [0.3, 0.4) is 0 Å². The summed E-state index contributed by atoms with van der Waals surface area (Å²) in [4.78, 5) is 22.3. The van der Waals surface area contributed by atoms with E-state index in [0.717, 1.165) is 12.0 Å². The van der Waals surface area contributed by atoms with Crippen LogP contribution < -0.4 is 0 Å². The zero-order valence-corrected chi connectivity index (χ0v) is 13.0. The molecular weight excluding hydrogens is 252 g/mol. The Balaban J connectivity index is 2.90. The maximum atomic E-state index is 11.3. The van der Waals surface area contributed by atoms with Gasteiger partial charge in [0, 0.05) is 18.4 Å². The Morgan fingerprint density at radius 3 is 2.05 bits per heavy atom. The molecule has 0 aliphatic heterocycles. The first-order chi connectivity index (χ1) is 9.19. The zero-order valence-electron chi connectivity index (χ0n) is 13.0. The van der Waals surface area contributed by atoms with Gasteiger partial charge in [-0.25, -0.2) is 0 Å². The molecule has 0 saturated carbocycles. The van der Waals surface area contributed by atoms with Gasteiger partial charge in [-0.3, -0.25) is 9.59 Å². The van der Waals surface area contributed by atoms with Gasteiger partial charge in [-0.15, -0.1) is 0 Å². The van der Waals surface area contributed by atoms with Gasteiger partial charge in [0.2, 0.25) is 0 Å². The Morgan fingerprint density at radius 2 is 1.65 bits per heavy atom. The first kappa shape index (κ1) is 16.4. The van der Waals surface area contributed by atoms with E-state index < -0.39 is 0 Å². The molecule has 1 aromatic rings. The molecule has 0 spiro atoms. The van der Waals surface area contributed by atoms with E-state index in [1.807, 2.05) is 24.3 Å². The Hall–Kier alpha value is -1.64. The molecular formula is C17H24O3. The third-order valence-corrected chi connectivity index (χ3v) is 3.14. The summed E-state index contributed by atoms with van der Waals surface area (Å²) < 4.78 is 5.18. The molecule has 20 heavy (non-hydrogen) atoms. The first-order valence-corrected chi connectivity index (χ1v) is 6.93. The Bertz CT molecular complexity index is 466. The van der Waals surface area contributed by atoms with Crippen molar-refractivity contribution in [3.8, 4) is 0 Å². The van der Waals surface area contributed by atoms with Crippen molar-refractivity contribution >= 4 is 11.8 Å². The van der Waals surface area contributed by atoms with E-state index in [-0.39, 0.29) is 23.1 Å². The minimum atomic E-state index is -0.260. The van der Waals surface area contributed by atoms with Crippen LogP contribution in [0.25, 0.3) is 0 Å². The van der Waals surface area contributed by atoms with Crippen LogP contribution in [-0.4, -0.2) is 18.4 Å². The lowest BCUT2D eigenvalue weighted by molar-refractivity contribution is -0.141. The lowest BCUT2D eigenvalue weighted by atomic mass is 9.81. The van der Waals surface area contributed by atoms with Crippen molar-refractivity contribution in [1.82, 2.24) is 0 Å². The van der Waals surface area contributed by atoms with E-state index in [9.17, 15) is 9.59 Å². The molecule has 1 rings (SSSR count). The van der Waals surface area contributed by atoms with Crippen molar-refractivity contribution < 1.29 is 14.3 Å². The summed E-state index contributed by atoms with van der Waals surface area (Å²) in [6.45, 7) is 9.85. The average molecular weight is 276 g/mol. The van der Waals surface area contributed by atoms with Crippen LogP contribution in [0.5, 0.6) is 0 Å². The van der Waals surface area contributed by atoms with Crippen LogP contribution in [0.15, 0.2) is 24.3 Å². The van der Waals surface area contributed by atoms with Crippen LogP contribution in [0.1, 0.15) is 62.9 Å². The highest BCUT2D eigenvalue weighted by atomic mass is 16.5. The SMILES string of the molecule is CC(=O)OCC(CC(C)(C)C)c1ccc(C(C)=O)cc1. The van der Waals surface area contributed by atoms with Crippen molar-refractivity contribution in [3.05, 3.63) is 35.4 Å². The van der Waals surface area contributed by atoms with Crippen molar-refractivity contribution in [3.63, 3.8) is 0 Å². The number of hydrogen-bond donors (Lipinski definition) is 0. The van der Waals surface area contributed by atoms with Crippen LogP contribution >= 0.6 is 0 Å². The highest BCUT2D eigenvalue weighted by Gasteiger charge is 2.21. The van der Waals surface area contributed by atoms with Crippen molar-refractivity contribution in [2.75, 3.05) is 6.61 Å². The molecule has 3 nitrogen and oxygen atoms in total. The number of benzene rings is 1. The molecule has 0 aromatic heterocycles. The largest absolute Gasteiger partial charge is 0.465 e. The third-order valence-electron chi connectivity index (χ3n) is 3.14. The van der Waals surface area contributed by atoms with Crippen LogP contribution in [0.4, 0.5) is 0 Å². The maximum Gasteiger partial charge on any atom is 0.302 e. The topological polar surface area (TPSA) is 43.4 Å². The molecule has 1 aromatic carbocycles. The predicted octanol–water partition coefficient (Wildman–Crippen LogP) is 3.97. The fourth-order valence-corrected chi connectivity index (χ4v) is 2.22. The molecule has 0 bridgehead atoms. The van der Waals surface area contributed by atoms with Crippen LogP contribution in [-0.2, 0) is 9.53 Å². The van der Waals surface area contributed by atoms with Gasteiger partial charge in [0.25, 0.3) is 0 Å². The summed E-state index contributed by atoms with van der Waals surface area (Å²) in [5.41, 5.74) is 1.95. The molecule has 1 atom stereocenters. The van der Waals surface area contributed by atoms with E-state index in [4.69, 9.17) is 4.74 Å². The predicted molar refractivity (Wildman–Crippen MR) is 79.9 cm³/mol. The molecule has 3 heteroatoms. The third kappa shape index (κ3) is 5.55. The Kier molecular flexibility index (Phi) is 5.49. The van der Waals surface area contributed by atoms with Gasteiger partial charge in [-0.2, -0.15) is 0 Å². The van der Waals surface area contributed by atoms with E-state index in [2.05, 4.69) is 20.8 Å². The highest BCUT2D eigenvalue weighted by molar-refractivity contribution is 5.94. The minimum Gasteiger partial charge on any atom is -0.465 e. The Morgan fingerprint density at radius 1 is 1.10 bits per heavy atom. The van der Waals surface area contributed by atoms with Crippen LogP contribution in [0, 0.1) is 5.41 Å². The van der Waals surface area contributed by atoms with Crippen molar-refractivity contribution in [2.24, 2.45) is 5.41 Å². The fraction of sp³-hybridized carbons (Fsp3) is 0.529. The monoisotopic (exact) mass is 276 g/mol. The molecule has 0 aliphatic rings. The second-order valence-corrected chi connectivity index (χ2v) is 6.44. The summed E-state index contributed by atoms with van der Waals surface area (Å²) in [6.07, 6.45) is 0.916. The average Bonchev–Trinajstić information content (AvgIpc) is 2.33. The van der Waals surface area contributed by atoms with Crippen molar-refractivity contribution in [1.29, 1.82) is 0 Å². The second-order valence-electron chi connectivity index (χ2n) is 6.44. The van der Waals surface area contributed by atoms with Gasteiger partial charge < -0.3 is 4.74 Å². The smallest absolute Gasteiger partial charge is 0.302 e. The number of carbonyl (C=O) groups excluding carboxylic acids is 2. The van der Waals surface area contributed by atoms with E-state index in [1.165, 1.54) is 6.92 Å². The zero-order chi connectivity index (χ0) is 15.3. The lowest BCUT2D eigenvalue weighted by Crippen LogP contribution is -2.18. The molecule has 110 valence electrons. The standard InChI is InChI=1S/C17H24O3/c1-12(18)14-6-8-15(9-7-14)16(10-17(3,4)5)11-20-13(2)19/h6-9,16H,10-11H2,1-5H3. The number of ether oxygens (including phenoxy) is 1. The molecule has 0 radical (unpaired) electrons. The first-order valence-electron chi connectivity index (χ1n) is 6.93. The summed E-state index contributed by atoms with van der Waals surface area (Å²) >= 11 is 0. The maximum absolute atomic E-state index is 11.3. The van der Waals surface area contributed by atoms with Crippen LogP contribution in [0.2, 0.25) is 0 Å². The van der Waals surface area contributed by atoms with Gasteiger partial charge in [0.05, 0.1) is 6.61 Å². The summed E-state index contributed by atoms with van der Waals surface area (Å²) in [5, 5.41) is 0. The molecule has 0 heterocycles. The highest BCUT2D eigenvalue weighted by Crippen LogP contribution is 2.31. The number of Topliss-reactive ketones (excluding diaryl/α,β-unsaturated/α-hetero) is 1.